The number of carboxylic acids is 1. The van der Waals surface area contributed by atoms with Crippen LogP contribution in [0.5, 0.6) is 0 Å². The highest BCUT2D eigenvalue weighted by molar-refractivity contribution is 5.74. The summed E-state index contributed by atoms with van der Waals surface area (Å²) >= 11 is 0. The fraction of sp³-hybridized carbons (Fsp3) is 0.875. The van der Waals surface area contributed by atoms with Crippen molar-refractivity contribution in [1.82, 2.24) is 5.32 Å². The van der Waals surface area contributed by atoms with Crippen LogP contribution in [0.3, 0.4) is 0 Å². The van der Waals surface area contributed by atoms with Gasteiger partial charge in [0.2, 0.25) is 0 Å². The number of carbonyl (C=O) groups is 1. The molecule has 0 bridgehead atoms. The molecule has 2 aliphatic rings. The van der Waals surface area contributed by atoms with E-state index in [1.165, 1.54) is 0 Å². The largest absolute Gasteiger partial charge is 0.480 e. The highest BCUT2D eigenvalue weighted by Gasteiger charge is 2.45. The third-order valence-electron chi connectivity index (χ3n) is 2.64. The van der Waals surface area contributed by atoms with Gasteiger partial charge in [0.1, 0.15) is 11.6 Å². The maximum absolute atomic E-state index is 10.7. The molecule has 0 aromatic carbocycles. The molecule has 0 aliphatic carbocycles. The second-order valence-electron chi connectivity index (χ2n) is 3.67. The third kappa shape index (κ3) is 1.67. The topological polar surface area (TPSA) is 67.8 Å². The van der Waals surface area contributed by atoms with Crippen LogP contribution in [-0.2, 0) is 14.6 Å². The molecule has 2 atom stereocenters. The van der Waals surface area contributed by atoms with Gasteiger partial charge in [0, 0.05) is 13.0 Å². The Balaban J connectivity index is 1.98. The summed E-state index contributed by atoms with van der Waals surface area (Å²) in [5.74, 6) is -0.814. The minimum Gasteiger partial charge on any atom is -0.480 e. The van der Waals surface area contributed by atoms with Gasteiger partial charge in [-0.1, -0.05) is 0 Å². The van der Waals surface area contributed by atoms with Gasteiger partial charge in [-0.15, -0.1) is 0 Å². The summed E-state index contributed by atoms with van der Waals surface area (Å²) in [6.07, 6.45) is 2.32. The van der Waals surface area contributed by atoms with E-state index in [4.69, 9.17) is 14.9 Å². The van der Waals surface area contributed by atoms with Crippen LogP contribution >= 0.6 is 0 Å². The molecule has 2 saturated heterocycles. The van der Waals surface area contributed by atoms with E-state index in [0.717, 1.165) is 12.8 Å². The molecule has 0 amide bonds. The van der Waals surface area contributed by atoms with E-state index in [1.807, 2.05) is 0 Å². The fourth-order valence-electron chi connectivity index (χ4n) is 1.92. The predicted molar refractivity (Wildman–Crippen MR) is 43.0 cm³/mol. The van der Waals surface area contributed by atoms with Gasteiger partial charge in [0.25, 0.3) is 0 Å². The van der Waals surface area contributed by atoms with Crippen LogP contribution in [0.25, 0.3) is 0 Å². The molecule has 74 valence electrons. The zero-order chi connectivity index (χ0) is 9.31. The number of nitrogens with one attached hydrogen (secondary N) is 1. The highest BCUT2D eigenvalue weighted by Crippen LogP contribution is 2.31. The Hall–Kier alpha value is -0.650. The lowest BCUT2D eigenvalue weighted by molar-refractivity contribution is -0.378. The van der Waals surface area contributed by atoms with E-state index >= 15 is 0 Å². The van der Waals surface area contributed by atoms with Crippen LogP contribution in [0, 0.1) is 0 Å². The van der Waals surface area contributed by atoms with Crippen molar-refractivity contribution < 1.29 is 19.7 Å². The van der Waals surface area contributed by atoms with Gasteiger partial charge in [0.05, 0.1) is 6.61 Å². The van der Waals surface area contributed by atoms with E-state index in [-0.39, 0.29) is 5.60 Å². The zero-order valence-electron chi connectivity index (χ0n) is 7.28. The Bertz CT molecular complexity index is 212. The van der Waals surface area contributed by atoms with E-state index in [0.29, 0.717) is 19.6 Å². The number of carboxylic acid groups (broad SMARTS) is 1. The average molecular weight is 187 g/mol. The summed E-state index contributed by atoms with van der Waals surface area (Å²) in [7, 11) is 0. The summed E-state index contributed by atoms with van der Waals surface area (Å²) in [6, 6.07) is -0.485. The Kier molecular flexibility index (Phi) is 2.23. The first-order valence-electron chi connectivity index (χ1n) is 4.49. The first-order valence-corrected chi connectivity index (χ1v) is 4.49. The molecule has 2 rings (SSSR count). The molecule has 0 radical (unpaired) electrons. The molecule has 2 N–H and O–H groups in total. The quantitative estimate of drug-likeness (QED) is 0.562. The molecule has 1 spiro atoms. The molecule has 0 aromatic rings. The lowest BCUT2D eigenvalue weighted by atomic mass is 9.94. The van der Waals surface area contributed by atoms with Gasteiger partial charge in [-0.3, -0.25) is 4.79 Å². The highest BCUT2D eigenvalue weighted by atomic mass is 17.2. The maximum Gasteiger partial charge on any atom is 0.320 e. The van der Waals surface area contributed by atoms with E-state index in [9.17, 15) is 4.79 Å². The fourth-order valence-corrected chi connectivity index (χ4v) is 1.92. The van der Waals surface area contributed by atoms with Crippen molar-refractivity contribution in [3.05, 3.63) is 0 Å². The van der Waals surface area contributed by atoms with Gasteiger partial charge in [-0.05, 0) is 12.8 Å². The summed E-state index contributed by atoms with van der Waals surface area (Å²) in [6.45, 7) is 1.18. The average Bonchev–Trinajstić information content (AvgIpc) is 2.51. The Morgan fingerprint density at radius 3 is 3.00 bits per heavy atom. The standard InChI is InChI=1S/C8H13NO4/c10-7(11)6-4-8(5-9-6)2-1-3-12-13-8/h6,9H,1-5H2,(H,10,11)/t6-,8?/m0/s1. The molecular weight excluding hydrogens is 174 g/mol. The summed E-state index contributed by atoms with van der Waals surface area (Å²) in [4.78, 5) is 20.8. The Morgan fingerprint density at radius 1 is 1.62 bits per heavy atom. The van der Waals surface area contributed by atoms with Crippen LogP contribution in [0.1, 0.15) is 19.3 Å². The van der Waals surface area contributed by atoms with Crippen LogP contribution in [-0.4, -0.2) is 35.9 Å². The van der Waals surface area contributed by atoms with Crippen LogP contribution in [0.4, 0.5) is 0 Å². The number of hydrogen-bond acceptors (Lipinski definition) is 4. The monoisotopic (exact) mass is 187 g/mol. The molecule has 0 saturated carbocycles. The summed E-state index contributed by atoms with van der Waals surface area (Å²) in [5.41, 5.74) is -0.388. The van der Waals surface area contributed by atoms with Gasteiger partial charge < -0.3 is 10.4 Å². The first kappa shape index (κ1) is 8.93. The zero-order valence-corrected chi connectivity index (χ0v) is 7.28. The van der Waals surface area contributed by atoms with Crippen LogP contribution in [0.15, 0.2) is 0 Å². The molecule has 5 nitrogen and oxygen atoms in total. The second kappa shape index (κ2) is 3.25. The van der Waals surface area contributed by atoms with Crippen molar-refractivity contribution >= 4 is 5.97 Å². The molecule has 2 heterocycles. The first-order chi connectivity index (χ1) is 6.22. The van der Waals surface area contributed by atoms with E-state index < -0.39 is 12.0 Å². The number of hydrogen-bond donors (Lipinski definition) is 2. The summed E-state index contributed by atoms with van der Waals surface area (Å²) in [5, 5.41) is 11.7. The van der Waals surface area contributed by atoms with Crippen molar-refractivity contribution in [2.45, 2.75) is 30.9 Å². The Morgan fingerprint density at radius 2 is 2.46 bits per heavy atom. The van der Waals surface area contributed by atoms with Crippen molar-refractivity contribution in [2.75, 3.05) is 13.2 Å². The lowest BCUT2D eigenvalue weighted by Crippen LogP contribution is -2.38. The normalized spacial score (nSPS) is 39.5. The van der Waals surface area contributed by atoms with E-state index in [1.54, 1.807) is 0 Å². The Labute approximate surface area is 75.9 Å². The van der Waals surface area contributed by atoms with Crippen molar-refractivity contribution in [3.8, 4) is 0 Å². The van der Waals surface area contributed by atoms with Crippen molar-refractivity contribution in [1.29, 1.82) is 0 Å². The predicted octanol–water partition coefficient (Wildman–Crippen LogP) is -0.0863. The van der Waals surface area contributed by atoms with Gasteiger partial charge in [0.15, 0.2) is 0 Å². The second-order valence-corrected chi connectivity index (χ2v) is 3.67. The van der Waals surface area contributed by atoms with Crippen molar-refractivity contribution in [3.63, 3.8) is 0 Å². The van der Waals surface area contributed by atoms with Gasteiger partial charge >= 0.3 is 5.97 Å². The smallest absolute Gasteiger partial charge is 0.320 e. The maximum atomic E-state index is 10.7. The van der Waals surface area contributed by atoms with Crippen molar-refractivity contribution in [2.24, 2.45) is 0 Å². The minimum atomic E-state index is -0.814. The van der Waals surface area contributed by atoms with Gasteiger partial charge in [-0.25, -0.2) is 9.78 Å². The van der Waals surface area contributed by atoms with Crippen LogP contribution < -0.4 is 5.32 Å². The molecule has 2 aliphatic heterocycles. The minimum absolute atomic E-state index is 0.388. The molecule has 5 heteroatoms. The van der Waals surface area contributed by atoms with E-state index in [2.05, 4.69) is 5.32 Å². The molecule has 13 heavy (non-hydrogen) atoms. The molecule has 2 fully saturated rings. The molecule has 0 aromatic heterocycles. The number of aliphatic carboxylic acids is 1. The SMILES string of the molecule is O=C(O)[C@@H]1CC2(CCCOO2)CN1. The third-order valence-corrected chi connectivity index (χ3v) is 2.64. The lowest BCUT2D eigenvalue weighted by Gasteiger charge is -2.30. The van der Waals surface area contributed by atoms with Crippen LogP contribution in [0.2, 0.25) is 0 Å². The number of rotatable bonds is 1. The van der Waals surface area contributed by atoms with Gasteiger partial charge in [-0.2, -0.15) is 0 Å². The molecule has 1 unspecified atom stereocenters. The molecular formula is C8H13NO4. The summed E-state index contributed by atoms with van der Waals surface area (Å²) < 4.78 is 0.